The van der Waals surface area contributed by atoms with Crippen molar-refractivity contribution in [1.29, 1.82) is 0 Å². The van der Waals surface area contributed by atoms with E-state index in [1.165, 1.54) is 19.1 Å². The van der Waals surface area contributed by atoms with Crippen molar-refractivity contribution >= 4 is 6.29 Å². The fraction of sp³-hybridized carbons (Fsp3) is 0.909. The Hall–Kier alpha value is -0.410. The van der Waals surface area contributed by atoms with Crippen LogP contribution in [0.15, 0.2) is 0 Å². The zero-order chi connectivity index (χ0) is 10.4. The van der Waals surface area contributed by atoms with Gasteiger partial charge in [0, 0.05) is 25.6 Å². The minimum Gasteiger partial charge on any atom is -0.383 e. The Morgan fingerprint density at radius 2 is 2.07 bits per heavy atom. The van der Waals surface area contributed by atoms with E-state index in [0.29, 0.717) is 0 Å². The molecule has 14 heavy (non-hydrogen) atoms. The molecule has 0 radical (unpaired) electrons. The lowest BCUT2D eigenvalue weighted by atomic mass is 9.87. The SMILES string of the molecule is COCCN(C)CC1(C=O)CCCC1. The summed E-state index contributed by atoms with van der Waals surface area (Å²) in [5.41, 5.74) is -0.0531. The second-order valence-electron chi connectivity index (χ2n) is 4.42. The number of ether oxygens (including phenoxy) is 1. The van der Waals surface area contributed by atoms with Crippen LogP contribution in [0.25, 0.3) is 0 Å². The Bertz CT molecular complexity index is 176. The van der Waals surface area contributed by atoms with Crippen LogP contribution in [0, 0.1) is 5.41 Å². The average Bonchev–Trinajstić information content (AvgIpc) is 2.64. The number of methoxy groups -OCH3 is 1. The molecule has 0 N–H and O–H groups in total. The lowest BCUT2D eigenvalue weighted by Crippen LogP contribution is -2.36. The summed E-state index contributed by atoms with van der Waals surface area (Å²) in [6, 6.07) is 0. The topological polar surface area (TPSA) is 29.5 Å². The zero-order valence-electron chi connectivity index (χ0n) is 9.29. The Balaban J connectivity index is 2.35. The highest BCUT2D eigenvalue weighted by molar-refractivity contribution is 5.60. The second-order valence-corrected chi connectivity index (χ2v) is 4.42. The van der Waals surface area contributed by atoms with Gasteiger partial charge in [-0.1, -0.05) is 12.8 Å². The molecule has 0 aromatic rings. The monoisotopic (exact) mass is 199 g/mol. The highest BCUT2D eigenvalue weighted by Crippen LogP contribution is 2.36. The number of aldehydes is 1. The van der Waals surface area contributed by atoms with Crippen molar-refractivity contribution < 1.29 is 9.53 Å². The van der Waals surface area contributed by atoms with Crippen LogP contribution >= 0.6 is 0 Å². The van der Waals surface area contributed by atoms with E-state index in [4.69, 9.17) is 4.74 Å². The van der Waals surface area contributed by atoms with Crippen molar-refractivity contribution in [3.63, 3.8) is 0 Å². The fourth-order valence-electron chi connectivity index (χ4n) is 2.26. The molecule has 1 fully saturated rings. The van der Waals surface area contributed by atoms with Crippen molar-refractivity contribution in [2.75, 3.05) is 33.9 Å². The molecule has 0 amide bonds. The summed E-state index contributed by atoms with van der Waals surface area (Å²) >= 11 is 0. The summed E-state index contributed by atoms with van der Waals surface area (Å²) < 4.78 is 5.01. The summed E-state index contributed by atoms with van der Waals surface area (Å²) in [5, 5.41) is 0. The van der Waals surface area contributed by atoms with Gasteiger partial charge in [0.1, 0.15) is 6.29 Å². The smallest absolute Gasteiger partial charge is 0.127 e. The predicted molar refractivity (Wildman–Crippen MR) is 56.3 cm³/mol. The molecule has 0 spiro atoms. The summed E-state index contributed by atoms with van der Waals surface area (Å²) in [7, 11) is 3.77. The van der Waals surface area contributed by atoms with Gasteiger partial charge in [0.05, 0.1) is 6.61 Å². The first kappa shape index (κ1) is 11.7. The first-order valence-corrected chi connectivity index (χ1v) is 5.36. The molecule has 0 aromatic heterocycles. The second kappa shape index (κ2) is 5.47. The Morgan fingerprint density at radius 1 is 1.43 bits per heavy atom. The number of carbonyl (C=O) groups is 1. The molecule has 3 heteroatoms. The van der Waals surface area contributed by atoms with Gasteiger partial charge in [-0.25, -0.2) is 0 Å². The van der Waals surface area contributed by atoms with Crippen molar-refractivity contribution in [2.24, 2.45) is 5.41 Å². The third-order valence-corrected chi connectivity index (χ3v) is 3.11. The molecule has 1 rings (SSSR count). The maximum atomic E-state index is 11.1. The third-order valence-electron chi connectivity index (χ3n) is 3.11. The average molecular weight is 199 g/mol. The molecule has 0 bridgehead atoms. The Morgan fingerprint density at radius 3 is 2.57 bits per heavy atom. The molecule has 3 nitrogen and oxygen atoms in total. The van der Waals surface area contributed by atoms with E-state index >= 15 is 0 Å². The van der Waals surface area contributed by atoms with Gasteiger partial charge in [-0.05, 0) is 19.9 Å². The van der Waals surface area contributed by atoms with Crippen molar-refractivity contribution in [2.45, 2.75) is 25.7 Å². The number of likely N-dealkylation sites (N-methyl/N-ethyl adjacent to an activating group) is 1. The van der Waals surface area contributed by atoms with Crippen LogP contribution in [0.5, 0.6) is 0 Å². The van der Waals surface area contributed by atoms with Gasteiger partial charge in [-0.3, -0.25) is 0 Å². The first-order chi connectivity index (χ1) is 6.72. The minimum absolute atomic E-state index is 0.0531. The molecule has 82 valence electrons. The lowest BCUT2D eigenvalue weighted by molar-refractivity contribution is -0.116. The van der Waals surface area contributed by atoms with Crippen LogP contribution in [0.1, 0.15) is 25.7 Å². The van der Waals surface area contributed by atoms with E-state index in [-0.39, 0.29) is 5.41 Å². The molecule has 0 aromatic carbocycles. The number of hydrogen-bond acceptors (Lipinski definition) is 3. The van der Waals surface area contributed by atoms with Crippen molar-refractivity contribution in [1.82, 2.24) is 4.90 Å². The largest absolute Gasteiger partial charge is 0.383 e. The van der Waals surface area contributed by atoms with Crippen LogP contribution < -0.4 is 0 Å². The maximum Gasteiger partial charge on any atom is 0.127 e. The van der Waals surface area contributed by atoms with Crippen molar-refractivity contribution in [3.05, 3.63) is 0 Å². The van der Waals surface area contributed by atoms with Crippen LogP contribution in [-0.2, 0) is 9.53 Å². The summed E-state index contributed by atoms with van der Waals surface area (Å²) in [6.45, 7) is 2.54. The van der Waals surface area contributed by atoms with E-state index < -0.39 is 0 Å². The van der Waals surface area contributed by atoms with Crippen LogP contribution in [0.4, 0.5) is 0 Å². The highest BCUT2D eigenvalue weighted by atomic mass is 16.5. The van der Waals surface area contributed by atoms with Gasteiger partial charge >= 0.3 is 0 Å². The number of carbonyl (C=O) groups excluding carboxylic acids is 1. The summed E-state index contributed by atoms with van der Waals surface area (Å²) in [4.78, 5) is 13.3. The molecule has 0 aliphatic heterocycles. The van der Waals surface area contributed by atoms with E-state index in [0.717, 1.165) is 32.5 Å². The normalized spacial score (nSPS) is 20.2. The Kier molecular flexibility index (Phi) is 4.55. The van der Waals surface area contributed by atoms with Crippen LogP contribution in [-0.4, -0.2) is 45.0 Å². The zero-order valence-corrected chi connectivity index (χ0v) is 9.29. The van der Waals surface area contributed by atoms with Gasteiger partial charge in [0.2, 0.25) is 0 Å². The van der Waals surface area contributed by atoms with Gasteiger partial charge < -0.3 is 14.4 Å². The van der Waals surface area contributed by atoms with Gasteiger partial charge in [0.15, 0.2) is 0 Å². The molecule has 0 saturated heterocycles. The van der Waals surface area contributed by atoms with Crippen LogP contribution in [0.2, 0.25) is 0 Å². The summed E-state index contributed by atoms with van der Waals surface area (Å²) in [6.07, 6.45) is 5.71. The fourth-order valence-corrected chi connectivity index (χ4v) is 2.26. The Labute approximate surface area is 86.4 Å². The minimum atomic E-state index is -0.0531. The number of rotatable bonds is 6. The molecule has 0 heterocycles. The maximum absolute atomic E-state index is 11.1. The van der Waals surface area contributed by atoms with Crippen LogP contribution in [0.3, 0.4) is 0 Å². The molecule has 1 aliphatic carbocycles. The standard InChI is InChI=1S/C11H21NO2/c1-12(7-8-14-2)9-11(10-13)5-3-4-6-11/h10H,3-9H2,1-2H3. The molecule has 1 saturated carbocycles. The van der Waals surface area contributed by atoms with Gasteiger partial charge in [-0.15, -0.1) is 0 Å². The van der Waals surface area contributed by atoms with E-state index in [1.54, 1.807) is 7.11 Å². The van der Waals surface area contributed by atoms with E-state index in [1.807, 2.05) is 0 Å². The molecular formula is C11H21NO2. The predicted octanol–water partition coefficient (Wildman–Crippen LogP) is 1.32. The lowest BCUT2D eigenvalue weighted by Gasteiger charge is -2.28. The number of nitrogens with zero attached hydrogens (tertiary/aromatic N) is 1. The number of hydrogen-bond donors (Lipinski definition) is 0. The van der Waals surface area contributed by atoms with E-state index in [2.05, 4.69) is 11.9 Å². The van der Waals surface area contributed by atoms with Crippen molar-refractivity contribution in [3.8, 4) is 0 Å². The quantitative estimate of drug-likeness (QED) is 0.604. The first-order valence-electron chi connectivity index (χ1n) is 5.36. The molecule has 1 aliphatic rings. The molecule has 0 atom stereocenters. The van der Waals surface area contributed by atoms with Gasteiger partial charge in [-0.2, -0.15) is 0 Å². The summed E-state index contributed by atoms with van der Waals surface area (Å²) in [5.74, 6) is 0. The highest BCUT2D eigenvalue weighted by Gasteiger charge is 2.34. The van der Waals surface area contributed by atoms with Gasteiger partial charge in [0.25, 0.3) is 0 Å². The molecular weight excluding hydrogens is 178 g/mol. The van der Waals surface area contributed by atoms with E-state index in [9.17, 15) is 4.79 Å². The molecule has 0 unspecified atom stereocenters. The third kappa shape index (κ3) is 3.07.